The van der Waals surface area contributed by atoms with E-state index in [1.54, 1.807) is 12.1 Å². The molecule has 146 valence electrons. The summed E-state index contributed by atoms with van der Waals surface area (Å²) in [7, 11) is 0. The van der Waals surface area contributed by atoms with Gasteiger partial charge in [-0.05, 0) is 43.3 Å². The zero-order valence-corrected chi connectivity index (χ0v) is 17.5. The van der Waals surface area contributed by atoms with Crippen molar-refractivity contribution in [3.8, 4) is 27.6 Å². The molecule has 29 heavy (non-hydrogen) atoms. The van der Waals surface area contributed by atoms with Gasteiger partial charge in [-0.3, -0.25) is 10.1 Å². The Labute approximate surface area is 176 Å². The van der Waals surface area contributed by atoms with Crippen molar-refractivity contribution in [2.45, 2.75) is 6.92 Å². The molecule has 0 fully saturated rings. The lowest BCUT2D eigenvalue weighted by Gasteiger charge is -2.03. The number of rotatable bonds is 5. The summed E-state index contributed by atoms with van der Waals surface area (Å²) in [6, 6.07) is 12.0. The van der Waals surface area contributed by atoms with Crippen molar-refractivity contribution in [1.29, 1.82) is 0 Å². The molecule has 0 saturated heterocycles. The van der Waals surface area contributed by atoms with E-state index in [0.717, 1.165) is 11.3 Å². The van der Waals surface area contributed by atoms with Crippen molar-refractivity contribution in [2.75, 3.05) is 6.61 Å². The Bertz CT molecular complexity index is 1280. The fourth-order valence-corrected chi connectivity index (χ4v) is 4.18. The molecular weight excluding hydrogens is 460 g/mol. The summed E-state index contributed by atoms with van der Waals surface area (Å²) in [5.41, 5.74) is 0.859. The molecular formula is C20H13BrN2O5S. The summed E-state index contributed by atoms with van der Waals surface area (Å²) in [6.07, 6.45) is 0. The second kappa shape index (κ2) is 7.76. The molecule has 4 rings (SSSR count). The molecule has 0 N–H and O–H groups in total. The average molecular weight is 473 g/mol. The first-order valence-electron chi connectivity index (χ1n) is 8.57. The number of nitro benzene ring substituents is 1. The minimum atomic E-state index is -0.671. The molecule has 7 nitrogen and oxygen atoms in total. The zero-order chi connectivity index (χ0) is 20.5. The number of hydrogen-bond acceptors (Lipinski definition) is 7. The van der Waals surface area contributed by atoms with Crippen LogP contribution >= 0.6 is 27.3 Å². The molecule has 0 radical (unpaired) electrons. The van der Waals surface area contributed by atoms with Crippen LogP contribution in [-0.4, -0.2) is 16.5 Å². The van der Waals surface area contributed by atoms with Gasteiger partial charge in [0.05, 0.1) is 22.8 Å². The van der Waals surface area contributed by atoms with Gasteiger partial charge < -0.3 is 9.15 Å². The number of nitrogens with zero attached hydrogens (tertiary/aromatic N) is 2. The highest BCUT2D eigenvalue weighted by Crippen LogP contribution is 2.33. The fraction of sp³-hybridized carbons (Fsp3) is 0.100. The number of hydrogen-bond donors (Lipinski definition) is 0. The van der Waals surface area contributed by atoms with E-state index in [-0.39, 0.29) is 16.8 Å². The van der Waals surface area contributed by atoms with Crippen LogP contribution in [0, 0.1) is 10.1 Å². The fourth-order valence-electron chi connectivity index (χ4n) is 2.88. The van der Waals surface area contributed by atoms with Crippen molar-refractivity contribution < 1.29 is 14.1 Å². The molecule has 4 aromatic rings. The van der Waals surface area contributed by atoms with Crippen LogP contribution in [0.4, 0.5) is 5.69 Å². The molecule has 2 heterocycles. The lowest BCUT2D eigenvalue weighted by molar-refractivity contribution is -0.383. The smallest absolute Gasteiger partial charge is 0.346 e. The van der Waals surface area contributed by atoms with Crippen molar-refractivity contribution in [2.24, 2.45) is 0 Å². The number of thiazole rings is 1. The van der Waals surface area contributed by atoms with Crippen molar-refractivity contribution in [3.63, 3.8) is 0 Å². The molecule has 0 saturated carbocycles. The second-order valence-corrected chi connectivity index (χ2v) is 7.82. The topological polar surface area (TPSA) is 95.5 Å². The second-order valence-electron chi connectivity index (χ2n) is 6.04. The maximum absolute atomic E-state index is 12.5. The molecule has 0 amide bonds. The van der Waals surface area contributed by atoms with Crippen LogP contribution in [0.5, 0.6) is 5.75 Å². The quantitative estimate of drug-likeness (QED) is 0.211. The third-order valence-electron chi connectivity index (χ3n) is 4.17. The summed E-state index contributed by atoms with van der Waals surface area (Å²) < 4.78 is 11.2. The molecule has 0 bridgehead atoms. The van der Waals surface area contributed by atoms with E-state index < -0.39 is 10.5 Å². The first kappa shape index (κ1) is 19.3. The van der Waals surface area contributed by atoms with Gasteiger partial charge in [0.2, 0.25) is 5.58 Å². The van der Waals surface area contributed by atoms with Gasteiger partial charge in [0.1, 0.15) is 10.8 Å². The Morgan fingerprint density at radius 2 is 2.00 bits per heavy atom. The normalized spacial score (nSPS) is 11.0. The third kappa shape index (κ3) is 3.79. The standard InChI is InChI=1S/C20H13BrN2O5S/c1-2-27-14-5-3-11(4-6-14)16-10-29-19(22-16)15-8-12-7-13(21)9-17(23(25)26)18(12)28-20(15)24/h3-10H,2H2,1H3. The van der Waals surface area contributed by atoms with Gasteiger partial charge in [-0.2, -0.15) is 0 Å². The Balaban J connectivity index is 1.77. The van der Waals surface area contributed by atoms with E-state index in [0.29, 0.717) is 27.2 Å². The van der Waals surface area contributed by atoms with Gasteiger partial charge in [0, 0.05) is 26.9 Å². The van der Waals surface area contributed by atoms with E-state index in [1.807, 2.05) is 36.6 Å². The summed E-state index contributed by atoms with van der Waals surface area (Å²) >= 11 is 4.56. The van der Waals surface area contributed by atoms with Crippen LogP contribution in [0.1, 0.15) is 6.92 Å². The summed E-state index contributed by atoms with van der Waals surface area (Å²) in [5.74, 6) is 0.772. The lowest BCUT2D eigenvalue weighted by Crippen LogP contribution is -2.03. The molecule has 0 aliphatic heterocycles. The molecule has 0 aliphatic rings. The van der Waals surface area contributed by atoms with Gasteiger partial charge in [0.25, 0.3) is 0 Å². The minimum absolute atomic E-state index is 0.0600. The van der Waals surface area contributed by atoms with Gasteiger partial charge >= 0.3 is 11.3 Å². The Morgan fingerprint density at radius 3 is 2.69 bits per heavy atom. The first-order valence-corrected chi connectivity index (χ1v) is 10.2. The van der Waals surface area contributed by atoms with Gasteiger partial charge in [-0.25, -0.2) is 9.78 Å². The molecule has 0 unspecified atom stereocenters. The largest absolute Gasteiger partial charge is 0.494 e. The molecule has 9 heteroatoms. The highest BCUT2D eigenvalue weighted by atomic mass is 79.9. The monoisotopic (exact) mass is 472 g/mol. The van der Waals surface area contributed by atoms with E-state index in [4.69, 9.17) is 9.15 Å². The van der Waals surface area contributed by atoms with E-state index in [1.165, 1.54) is 17.4 Å². The number of fused-ring (bicyclic) bond motifs is 1. The number of aromatic nitrogens is 1. The van der Waals surface area contributed by atoms with Crippen LogP contribution in [-0.2, 0) is 0 Å². The van der Waals surface area contributed by atoms with Crippen LogP contribution < -0.4 is 10.4 Å². The van der Waals surface area contributed by atoms with Crippen molar-refractivity contribution in [3.05, 3.63) is 72.9 Å². The Hall–Kier alpha value is -3.04. The number of nitro groups is 1. The average Bonchev–Trinajstić information content (AvgIpc) is 3.18. The highest BCUT2D eigenvalue weighted by molar-refractivity contribution is 9.10. The summed E-state index contributed by atoms with van der Waals surface area (Å²) in [5, 5.41) is 14.0. The SMILES string of the molecule is CCOc1ccc(-c2csc(-c3cc4cc(Br)cc([N+](=O)[O-])c4oc3=O)n2)cc1. The van der Waals surface area contributed by atoms with Crippen molar-refractivity contribution in [1.82, 2.24) is 4.98 Å². The van der Waals surface area contributed by atoms with Crippen molar-refractivity contribution >= 4 is 43.9 Å². The maximum Gasteiger partial charge on any atom is 0.346 e. The third-order valence-corrected chi connectivity index (χ3v) is 5.50. The van der Waals surface area contributed by atoms with E-state index >= 15 is 0 Å². The molecule has 2 aromatic carbocycles. The van der Waals surface area contributed by atoms with Crippen LogP contribution in [0.25, 0.3) is 32.8 Å². The predicted octanol–water partition coefficient (Wildman–Crippen LogP) is 5.65. The van der Waals surface area contributed by atoms with Crippen LogP contribution in [0.15, 0.2) is 61.5 Å². The van der Waals surface area contributed by atoms with Gasteiger partial charge in [0.15, 0.2) is 0 Å². The van der Waals surface area contributed by atoms with E-state index in [2.05, 4.69) is 20.9 Å². The summed E-state index contributed by atoms with van der Waals surface area (Å²) in [4.78, 5) is 27.7. The maximum atomic E-state index is 12.5. The van der Waals surface area contributed by atoms with Crippen LogP contribution in [0.3, 0.4) is 0 Å². The summed E-state index contributed by atoms with van der Waals surface area (Å²) in [6.45, 7) is 2.51. The zero-order valence-electron chi connectivity index (χ0n) is 15.0. The van der Waals surface area contributed by atoms with Gasteiger partial charge in [-0.1, -0.05) is 15.9 Å². The number of non-ortho nitro benzene ring substituents is 1. The molecule has 0 atom stereocenters. The number of benzene rings is 2. The lowest BCUT2D eigenvalue weighted by atomic mass is 10.1. The first-order chi connectivity index (χ1) is 14.0. The van der Waals surface area contributed by atoms with E-state index in [9.17, 15) is 14.9 Å². The molecule has 0 aliphatic carbocycles. The molecule has 0 spiro atoms. The van der Waals surface area contributed by atoms with Gasteiger partial charge in [-0.15, -0.1) is 11.3 Å². The number of halogens is 1. The Morgan fingerprint density at radius 1 is 1.24 bits per heavy atom. The minimum Gasteiger partial charge on any atom is -0.494 e. The van der Waals surface area contributed by atoms with Crippen LogP contribution in [0.2, 0.25) is 0 Å². The molecule has 2 aromatic heterocycles. The number of ether oxygens (including phenoxy) is 1. The highest BCUT2D eigenvalue weighted by Gasteiger charge is 2.20. The predicted molar refractivity (Wildman–Crippen MR) is 115 cm³/mol. The Kier molecular flexibility index (Phi) is 5.16.